The summed E-state index contributed by atoms with van der Waals surface area (Å²) >= 11 is 0. The molecule has 8 nitrogen and oxygen atoms in total. The maximum Gasteiger partial charge on any atom is 0.426 e. The molecule has 2 N–H and O–H groups in total. The van der Waals surface area contributed by atoms with Crippen molar-refractivity contribution in [3.8, 4) is 0 Å². The van der Waals surface area contributed by atoms with Crippen LogP contribution in [0.2, 0.25) is 0 Å². The summed E-state index contributed by atoms with van der Waals surface area (Å²) in [5.41, 5.74) is -3.49. The minimum Gasteiger partial charge on any atom is -0.464 e. The average molecular weight is 422 g/mol. The predicted molar refractivity (Wildman–Crippen MR) is 92.7 cm³/mol. The zero-order valence-electron chi connectivity index (χ0n) is 16.5. The van der Waals surface area contributed by atoms with Crippen molar-refractivity contribution >= 4 is 11.9 Å². The number of nitrogens with zero attached hydrogens (tertiary/aromatic N) is 1. The van der Waals surface area contributed by atoms with Crippen molar-refractivity contribution in [3.63, 3.8) is 0 Å². The molecule has 0 saturated carbocycles. The highest BCUT2D eigenvalue weighted by atomic mass is 19.4. The molecule has 2 rings (SSSR count). The predicted octanol–water partition coefficient (Wildman–Crippen LogP) is 2.05. The van der Waals surface area contributed by atoms with Crippen LogP contribution in [0.15, 0.2) is 4.42 Å². The number of ether oxygens (including phenoxy) is 2. The third-order valence-corrected chi connectivity index (χ3v) is 4.71. The summed E-state index contributed by atoms with van der Waals surface area (Å²) in [5, 5.41) is 12.5. The third kappa shape index (κ3) is 5.27. The number of aryl methyl sites for hydroxylation is 2. The maximum atomic E-state index is 13.6. The van der Waals surface area contributed by atoms with E-state index in [1.807, 2.05) is 0 Å². The van der Waals surface area contributed by atoms with Crippen molar-refractivity contribution in [2.75, 3.05) is 13.2 Å². The Bertz CT molecular complexity index is 710. The van der Waals surface area contributed by atoms with Gasteiger partial charge in [0, 0.05) is 6.61 Å². The van der Waals surface area contributed by atoms with E-state index in [2.05, 4.69) is 10.3 Å². The fraction of sp³-hybridized carbons (Fsp3) is 0.722. The van der Waals surface area contributed by atoms with Crippen LogP contribution in [-0.4, -0.2) is 53.5 Å². The molecule has 1 aliphatic heterocycles. The Morgan fingerprint density at radius 3 is 2.52 bits per heavy atom. The number of oxazole rings is 1. The molecular weight excluding hydrogens is 397 g/mol. The highest BCUT2D eigenvalue weighted by Crippen LogP contribution is 2.41. The number of alkyl halides is 3. The number of hydrogen-bond acceptors (Lipinski definition) is 7. The SMILES string of the molecule is CCOC(=O)C(NC(=O)CC(O)(c1nc(C)c(C)o1)C(F)(F)F)C1CCCCO1. The first-order valence-corrected chi connectivity index (χ1v) is 9.30. The Morgan fingerprint density at radius 1 is 1.34 bits per heavy atom. The summed E-state index contributed by atoms with van der Waals surface area (Å²) in [6.07, 6.45) is -5.45. The van der Waals surface area contributed by atoms with Crippen LogP contribution < -0.4 is 5.32 Å². The number of nitrogens with one attached hydrogen (secondary N) is 1. The molecule has 1 aromatic heterocycles. The molecule has 0 aliphatic carbocycles. The van der Waals surface area contributed by atoms with Gasteiger partial charge < -0.3 is 24.3 Å². The van der Waals surface area contributed by atoms with Crippen LogP contribution in [0.25, 0.3) is 0 Å². The molecule has 2 heterocycles. The molecule has 11 heteroatoms. The van der Waals surface area contributed by atoms with Gasteiger partial charge in [0.25, 0.3) is 0 Å². The van der Waals surface area contributed by atoms with Crippen molar-refractivity contribution < 1.29 is 41.8 Å². The van der Waals surface area contributed by atoms with E-state index in [9.17, 15) is 27.9 Å². The second-order valence-electron chi connectivity index (χ2n) is 6.90. The van der Waals surface area contributed by atoms with E-state index in [1.54, 1.807) is 6.92 Å². The topological polar surface area (TPSA) is 111 Å². The van der Waals surface area contributed by atoms with Crippen molar-refractivity contribution in [1.29, 1.82) is 0 Å². The van der Waals surface area contributed by atoms with E-state index in [-0.39, 0.29) is 18.1 Å². The molecule has 1 aromatic rings. The van der Waals surface area contributed by atoms with Gasteiger partial charge in [-0.1, -0.05) is 0 Å². The van der Waals surface area contributed by atoms with Crippen LogP contribution in [0.4, 0.5) is 13.2 Å². The first-order valence-electron chi connectivity index (χ1n) is 9.30. The van der Waals surface area contributed by atoms with Crippen LogP contribution in [0.3, 0.4) is 0 Å². The summed E-state index contributed by atoms with van der Waals surface area (Å²) in [6, 6.07) is -1.28. The van der Waals surface area contributed by atoms with Crippen molar-refractivity contribution in [2.45, 2.75) is 70.4 Å². The monoisotopic (exact) mass is 422 g/mol. The van der Waals surface area contributed by atoms with E-state index in [1.165, 1.54) is 13.8 Å². The fourth-order valence-electron chi connectivity index (χ4n) is 2.97. The molecule has 3 unspecified atom stereocenters. The van der Waals surface area contributed by atoms with Crippen molar-refractivity contribution in [2.24, 2.45) is 0 Å². The van der Waals surface area contributed by atoms with Crippen LogP contribution >= 0.6 is 0 Å². The van der Waals surface area contributed by atoms with Crippen LogP contribution in [0, 0.1) is 13.8 Å². The lowest BCUT2D eigenvalue weighted by Gasteiger charge is -2.31. The average Bonchev–Trinajstić information content (AvgIpc) is 2.99. The summed E-state index contributed by atoms with van der Waals surface area (Å²) in [6.45, 7) is 4.75. The van der Waals surface area contributed by atoms with E-state index in [4.69, 9.17) is 13.9 Å². The quantitative estimate of drug-likeness (QED) is 0.647. The number of carbonyl (C=O) groups excluding carboxylic acids is 2. The van der Waals surface area contributed by atoms with Gasteiger partial charge in [-0.2, -0.15) is 13.2 Å². The van der Waals surface area contributed by atoms with Gasteiger partial charge in [0.1, 0.15) is 5.76 Å². The second-order valence-corrected chi connectivity index (χ2v) is 6.90. The number of hydrogen-bond donors (Lipinski definition) is 2. The number of carbonyl (C=O) groups is 2. The minimum atomic E-state index is -5.24. The molecule has 29 heavy (non-hydrogen) atoms. The molecule has 164 valence electrons. The van der Waals surface area contributed by atoms with Gasteiger partial charge in [-0.25, -0.2) is 9.78 Å². The fourth-order valence-corrected chi connectivity index (χ4v) is 2.97. The summed E-state index contributed by atoms with van der Waals surface area (Å²) in [4.78, 5) is 28.3. The third-order valence-electron chi connectivity index (χ3n) is 4.71. The van der Waals surface area contributed by atoms with Gasteiger partial charge in [-0.15, -0.1) is 0 Å². The zero-order chi connectivity index (χ0) is 21.8. The number of aromatic nitrogens is 1. The van der Waals surface area contributed by atoms with E-state index in [0.29, 0.717) is 13.0 Å². The number of rotatable bonds is 7. The van der Waals surface area contributed by atoms with Crippen molar-refractivity contribution in [1.82, 2.24) is 10.3 Å². The minimum absolute atomic E-state index is 0.0271. The van der Waals surface area contributed by atoms with E-state index in [0.717, 1.165) is 12.8 Å². The summed E-state index contributed by atoms with van der Waals surface area (Å²) in [5.74, 6) is -2.98. The Hall–Kier alpha value is -2.14. The lowest BCUT2D eigenvalue weighted by atomic mass is 9.97. The van der Waals surface area contributed by atoms with Gasteiger partial charge in [0.05, 0.1) is 24.8 Å². The molecule has 0 bridgehead atoms. The standard InChI is InChI=1S/C18H25F3N2O6/c1-4-27-15(25)14(12-7-5-6-8-28-12)23-13(24)9-17(26,18(19,20)21)16-22-10(2)11(3)29-16/h12,14,26H,4-9H2,1-3H3,(H,23,24). The number of esters is 1. The maximum absolute atomic E-state index is 13.6. The van der Waals surface area contributed by atoms with Gasteiger partial charge >= 0.3 is 12.1 Å². The molecule has 1 saturated heterocycles. The lowest BCUT2D eigenvalue weighted by molar-refractivity contribution is -0.275. The highest BCUT2D eigenvalue weighted by molar-refractivity contribution is 5.85. The highest BCUT2D eigenvalue weighted by Gasteiger charge is 2.60. The Kier molecular flexibility index (Phi) is 7.28. The normalized spacial score (nSPS) is 20.6. The van der Waals surface area contributed by atoms with Crippen LogP contribution in [-0.2, 0) is 24.7 Å². The summed E-state index contributed by atoms with van der Waals surface area (Å²) in [7, 11) is 0. The first-order chi connectivity index (χ1) is 13.5. The Labute approximate surface area is 165 Å². The Balaban J connectivity index is 2.23. The van der Waals surface area contributed by atoms with E-state index >= 15 is 0 Å². The smallest absolute Gasteiger partial charge is 0.426 e. The molecule has 0 radical (unpaired) electrons. The number of halogens is 3. The van der Waals surface area contributed by atoms with Gasteiger partial charge in [0.15, 0.2) is 6.04 Å². The van der Waals surface area contributed by atoms with Crippen LogP contribution in [0.1, 0.15) is 50.0 Å². The molecule has 1 amide bonds. The zero-order valence-corrected chi connectivity index (χ0v) is 16.5. The molecule has 3 atom stereocenters. The number of amides is 1. The van der Waals surface area contributed by atoms with E-state index < -0.39 is 48.1 Å². The molecular formula is C18H25F3N2O6. The summed E-state index contributed by atoms with van der Waals surface area (Å²) < 4.78 is 56.2. The first kappa shape index (κ1) is 23.1. The van der Waals surface area contributed by atoms with Gasteiger partial charge in [-0.05, 0) is 40.0 Å². The molecule has 1 aliphatic rings. The molecule has 0 aromatic carbocycles. The number of aliphatic hydroxyl groups is 1. The second kappa shape index (κ2) is 9.12. The lowest BCUT2D eigenvalue weighted by Crippen LogP contribution is -2.54. The van der Waals surface area contributed by atoms with Crippen molar-refractivity contribution in [3.05, 3.63) is 17.3 Å². The molecule has 0 spiro atoms. The Morgan fingerprint density at radius 2 is 2.03 bits per heavy atom. The van der Waals surface area contributed by atoms with Crippen LogP contribution in [0.5, 0.6) is 0 Å². The largest absolute Gasteiger partial charge is 0.464 e. The van der Waals surface area contributed by atoms with Gasteiger partial charge in [-0.3, -0.25) is 4.79 Å². The van der Waals surface area contributed by atoms with Gasteiger partial charge in [0.2, 0.25) is 17.4 Å². The molecule has 1 fully saturated rings.